The number of halogens is 4. The normalized spacial score (nSPS) is 16.0. The summed E-state index contributed by atoms with van der Waals surface area (Å²) in [4.78, 5) is 1.59. The summed E-state index contributed by atoms with van der Waals surface area (Å²) >= 11 is 0. The molecule has 0 aliphatic carbocycles. The van der Waals surface area contributed by atoms with Gasteiger partial charge in [0.05, 0.1) is 22.1 Å². The Kier molecular flexibility index (Phi) is 5.32. The molecule has 0 N–H and O–H groups in total. The van der Waals surface area contributed by atoms with Crippen molar-refractivity contribution >= 4 is 15.7 Å². The van der Waals surface area contributed by atoms with Crippen LogP contribution in [0.25, 0.3) is 0 Å². The van der Waals surface area contributed by atoms with E-state index in [4.69, 9.17) is 5.26 Å². The fourth-order valence-electron chi connectivity index (χ4n) is 3.00. The molecule has 1 saturated heterocycles. The quantitative estimate of drug-likeness (QED) is 0.725. The molecule has 10 heteroatoms. The van der Waals surface area contributed by atoms with Crippen LogP contribution in [-0.4, -0.2) is 38.9 Å². The van der Waals surface area contributed by atoms with Crippen molar-refractivity contribution in [3.05, 3.63) is 59.4 Å². The first-order valence-corrected chi connectivity index (χ1v) is 9.69. The van der Waals surface area contributed by atoms with Gasteiger partial charge in [-0.25, -0.2) is 12.8 Å². The van der Waals surface area contributed by atoms with Crippen molar-refractivity contribution in [2.45, 2.75) is 11.1 Å². The molecule has 0 atom stereocenters. The molecule has 1 aliphatic heterocycles. The number of hydrogen-bond acceptors (Lipinski definition) is 4. The highest BCUT2D eigenvalue weighted by molar-refractivity contribution is 7.89. The van der Waals surface area contributed by atoms with E-state index in [-0.39, 0.29) is 36.8 Å². The van der Waals surface area contributed by atoms with Gasteiger partial charge in [-0.3, -0.25) is 0 Å². The van der Waals surface area contributed by atoms with E-state index in [1.807, 2.05) is 0 Å². The van der Waals surface area contributed by atoms with Gasteiger partial charge in [0.25, 0.3) is 0 Å². The monoisotopic (exact) mass is 413 g/mol. The van der Waals surface area contributed by atoms with E-state index in [9.17, 15) is 26.0 Å². The van der Waals surface area contributed by atoms with Crippen LogP contribution in [0.5, 0.6) is 0 Å². The SMILES string of the molecule is N#Cc1ccc(N2CCN(S(=O)(=O)c3ccc(F)cc3)CC2)cc1C(F)(F)F. The Morgan fingerprint density at radius 1 is 0.964 bits per heavy atom. The van der Waals surface area contributed by atoms with Crippen LogP contribution in [-0.2, 0) is 16.2 Å². The summed E-state index contributed by atoms with van der Waals surface area (Å²) < 4.78 is 78.8. The maximum atomic E-state index is 13.1. The van der Waals surface area contributed by atoms with Crippen molar-refractivity contribution in [3.63, 3.8) is 0 Å². The molecule has 1 fully saturated rings. The number of nitrogens with zero attached hydrogens (tertiary/aromatic N) is 3. The zero-order chi connectivity index (χ0) is 20.5. The van der Waals surface area contributed by atoms with Crippen LogP contribution >= 0.6 is 0 Å². The van der Waals surface area contributed by atoms with Gasteiger partial charge in [-0.2, -0.15) is 22.7 Å². The van der Waals surface area contributed by atoms with E-state index >= 15 is 0 Å². The van der Waals surface area contributed by atoms with Crippen LogP contribution in [0, 0.1) is 17.1 Å². The zero-order valence-electron chi connectivity index (χ0n) is 14.4. The molecular formula is C18H15F4N3O2S. The number of hydrogen-bond donors (Lipinski definition) is 0. The predicted molar refractivity (Wildman–Crippen MR) is 93.5 cm³/mol. The minimum atomic E-state index is -4.66. The molecule has 148 valence electrons. The van der Waals surface area contributed by atoms with E-state index in [1.54, 1.807) is 4.90 Å². The molecule has 0 radical (unpaired) electrons. The highest BCUT2D eigenvalue weighted by Crippen LogP contribution is 2.34. The molecule has 1 heterocycles. The van der Waals surface area contributed by atoms with Crippen molar-refractivity contribution in [1.29, 1.82) is 5.26 Å². The molecule has 3 rings (SSSR count). The summed E-state index contributed by atoms with van der Waals surface area (Å²) in [5.74, 6) is -0.551. The molecule has 0 saturated carbocycles. The Balaban J connectivity index is 1.77. The maximum absolute atomic E-state index is 13.1. The van der Waals surface area contributed by atoms with Crippen LogP contribution in [0.15, 0.2) is 47.4 Å². The highest BCUT2D eigenvalue weighted by Gasteiger charge is 2.35. The summed E-state index contributed by atoms with van der Waals surface area (Å²) in [6, 6.07) is 9.42. The second-order valence-electron chi connectivity index (χ2n) is 6.18. The van der Waals surface area contributed by atoms with Crippen molar-refractivity contribution in [3.8, 4) is 6.07 Å². The Morgan fingerprint density at radius 2 is 1.57 bits per heavy atom. The standard InChI is InChI=1S/C18H15F4N3O2S/c19-14-2-5-16(6-3-14)28(26,27)25-9-7-24(8-10-25)15-4-1-13(12-23)17(11-15)18(20,21)22/h1-6,11H,7-10H2. The van der Waals surface area contributed by atoms with Crippen molar-refractivity contribution < 1.29 is 26.0 Å². The summed E-state index contributed by atoms with van der Waals surface area (Å²) in [6.45, 7) is 0.509. The second kappa shape index (κ2) is 7.41. The molecule has 0 amide bonds. The Morgan fingerprint density at radius 3 is 2.11 bits per heavy atom. The van der Waals surface area contributed by atoms with Crippen molar-refractivity contribution in [2.24, 2.45) is 0 Å². The predicted octanol–water partition coefficient (Wildman–Crippen LogP) is 3.23. The minimum Gasteiger partial charge on any atom is -0.369 e. The van der Waals surface area contributed by atoms with Crippen LogP contribution in [0.2, 0.25) is 0 Å². The number of nitriles is 1. The number of sulfonamides is 1. The summed E-state index contributed by atoms with van der Waals surface area (Å²) in [5.41, 5.74) is -1.22. The van der Waals surface area contributed by atoms with Gasteiger partial charge in [-0.15, -0.1) is 0 Å². The van der Waals surface area contributed by atoms with Crippen LogP contribution in [0.4, 0.5) is 23.2 Å². The average molecular weight is 413 g/mol. The molecule has 2 aromatic rings. The van der Waals surface area contributed by atoms with E-state index in [0.29, 0.717) is 0 Å². The molecule has 28 heavy (non-hydrogen) atoms. The first-order chi connectivity index (χ1) is 13.1. The first-order valence-electron chi connectivity index (χ1n) is 8.25. The summed E-state index contributed by atoms with van der Waals surface area (Å²) in [5, 5.41) is 8.87. The molecule has 0 unspecified atom stereocenters. The van der Waals surface area contributed by atoms with Crippen LogP contribution < -0.4 is 4.90 Å². The third-order valence-electron chi connectivity index (χ3n) is 4.48. The number of rotatable bonds is 3. The van der Waals surface area contributed by atoms with Gasteiger partial charge in [0.1, 0.15) is 5.82 Å². The van der Waals surface area contributed by atoms with Gasteiger partial charge < -0.3 is 4.90 Å². The van der Waals surface area contributed by atoms with Gasteiger partial charge >= 0.3 is 6.18 Å². The van der Waals surface area contributed by atoms with Crippen molar-refractivity contribution in [1.82, 2.24) is 4.31 Å². The Hall–Kier alpha value is -2.64. The van der Waals surface area contributed by atoms with Gasteiger partial charge in [-0.05, 0) is 42.5 Å². The number of piperazine rings is 1. The summed E-state index contributed by atoms with van der Waals surface area (Å²) in [7, 11) is -3.81. The molecular weight excluding hydrogens is 398 g/mol. The van der Waals surface area contributed by atoms with E-state index in [2.05, 4.69) is 0 Å². The topological polar surface area (TPSA) is 64.4 Å². The number of benzene rings is 2. The van der Waals surface area contributed by atoms with Gasteiger partial charge in [0.2, 0.25) is 10.0 Å². The Bertz CT molecular complexity index is 1010. The smallest absolute Gasteiger partial charge is 0.369 e. The third-order valence-corrected chi connectivity index (χ3v) is 6.40. The van der Waals surface area contributed by atoms with Crippen LogP contribution in [0.3, 0.4) is 0 Å². The first kappa shape index (κ1) is 20.1. The number of anilines is 1. The van der Waals surface area contributed by atoms with E-state index in [0.717, 1.165) is 24.3 Å². The van der Waals surface area contributed by atoms with Gasteiger partial charge in [0.15, 0.2) is 0 Å². The molecule has 5 nitrogen and oxygen atoms in total. The largest absolute Gasteiger partial charge is 0.417 e. The van der Waals surface area contributed by atoms with Crippen molar-refractivity contribution in [2.75, 3.05) is 31.1 Å². The zero-order valence-corrected chi connectivity index (χ0v) is 15.3. The summed E-state index contributed by atoms with van der Waals surface area (Å²) in [6.07, 6.45) is -4.66. The third kappa shape index (κ3) is 3.95. The lowest BCUT2D eigenvalue weighted by Gasteiger charge is -2.35. The lowest BCUT2D eigenvalue weighted by Crippen LogP contribution is -2.48. The molecule has 1 aliphatic rings. The average Bonchev–Trinajstić information content (AvgIpc) is 2.67. The van der Waals surface area contributed by atoms with Gasteiger partial charge in [-0.1, -0.05) is 0 Å². The fraction of sp³-hybridized carbons (Fsp3) is 0.278. The Labute approximate surface area is 159 Å². The van der Waals surface area contributed by atoms with Gasteiger partial charge in [0, 0.05) is 31.9 Å². The minimum absolute atomic E-state index is 0.0416. The second-order valence-corrected chi connectivity index (χ2v) is 8.12. The maximum Gasteiger partial charge on any atom is 0.417 e. The molecule has 0 bridgehead atoms. The van der Waals surface area contributed by atoms with Crippen LogP contribution in [0.1, 0.15) is 11.1 Å². The number of alkyl halides is 3. The lowest BCUT2D eigenvalue weighted by atomic mass is 10.1. The molecule has 0 aromatic heterocycles. The fourth-order valence-corrected chi connectivity index (χ4v) is 4.43. The lowest BCUT2D eigenvalue weighted by molar-refractivity contribution is -0.137. The highest BCUT2D eigenvalue weighted by atomic mass is 32.2. The van der Waals surface area contributed by atoms with E-state index < -0.39 is 33.1 Å². The molecule has 2 aromatic carbocycles. The molecule has 0 spiro atoms. The van der Waals surface area contributed by atoms with E-state index in [1.165, 1.54) is 28.6 Å².